The molecule has 1 atom stereocenters. The highest BCUT2D eigenvalue weighted by atomic mass is 16.5. The number of likely N-dealkylation sites (tertiary alicyclic amines) is 1. The molecule has 0 amide bonds. The first-order chi connectivity index (χ1) is 10.4. The highest BCUT2D eigenvalue weighted by Crippen LogP contribution is 2.35. The van der Waals surface area contributed by atoms with Crippen LogP contribution in [0.1, 0.15) is 29.9 Å². The van der Waals surface area contributed by atoms with Crippen molar-refractivity contribution in [3.63, 3.8) is 0 Å². The molecule has 1 heterocycles. The van der Waals surface area contributed by atoms with Crippen molar-refractivity contribution in [1.29, 1.82) is 0 Å². The third-order valence-electron chi connectivity index (χ3n) is 5.06. The number of nitrogens with zero attached hydrogens (tertiary/aromatic N) is 1. The van der Waals surface area contributed by atoms with Crippen LogP contribution in [0.4, 0.5) is 0 Å². The summed E-state index contributed by atoms with van der Waals surface area (Å²) >= 11 is 0. The van der Waals surface area contributed by atoms with Crippen LogP contribution in [0.2, 0.25) is 0 Å². The summed E-state index contributed by atoms with van der Waals surface area (Å²) in [7, 11) is 1.76. The number of rotatable bonds is 7. The fraction of sp³-hybridized carbons (Fsp3) is 0.667. The van der Waals surface area contributed by atoms with Gasteiger partial charge in [0.2, 0.25) is 0 Å². The Morgan fingerprint density at radius 2 is 2.05 bits per heavy atom. The number of methoxy groups -OCH3 is 1. The summed E-state index contributed by atoms with van der Waals surface area (Å²) in [5.41, 5.74) is 3.17. The zero-order valence-electron chi connectivity index (χ0n) is 13.2. The quantitative estimate of drug-likeness (QED) is 0.779. The molecule has 1 N–H and O–H groups in total. The SMILES string of the molecule is COCCNCC1CCN(CC2Cc3ccccc32)CC1. The zero-order chi connectivity index (χ0) is 14.5. The molecule has 0 aromatic heterocycles. The Morgan fingerprint density at radius 1 is 1.24 bits per heavy atom. The number of fused-ring (bicyclic) bond motifs is 1. The predicted molar refractivity (Wildman–Crippen MR) is 86.8 cm³/mol. The first-order valence-electron chi connectivity index (χ1n) is 8.36. The summed E-state index contributed by atoms with van der Waals surface area (Å²) in [5, 5.41) is 3.50. The number of hydrogen-bond donors (Lipinski definition) is 1. The predicted octanol–water partition coefficient (Wildman–Crippen LogP) is 2.27. The summed E-state index contributed by atoms with van der Waals surface area (Å²) in [6.45, 7) is 6.77. The van der Waals surface area contributed by atoms with E-state index < -0.39 is 0 Å². The second kappa shape index (κ2) is 7.39. The molecule has 116 valence electrons. The van der Waals surface area contributed by atoms with Gasteiger partial charge >= 0.3 is 0 Å². The van der Waals surface area contributed by atoms with Crippen molar-refractivity contribution >= 4 is 0 Å². The Morgan fingerprint density at radius 3 is 2.81 bits per heavy atom. The molecule has 1 fully saturated rings. The van der Waals surface area contributed by atoms with Gasteiger partial charge in [0.1, 0.15) is 0 Å². The number of piperidine rings is 1. The summed E-state index contributed by atoms with van der Waals surface area (Å²) in [4.78, 5) is 2.67. The average molecular weight is 288 g/mol. The van der Waals surface area contributed by atoms with Crippen LogP contribution < -0.4 is 5.32 Å². The molecule has 1 aliphatic carbocycles. The minimum absolute atomic E-state index is 0.789. The van der Waals surface area contributed by atoms with Crippen molar-refractivity contribution in [3.8, 4) is 0 Å². The van der Waals surface area contributed by atoms with Crippen molar-refractivity contribution in [2.75, 3.05) is 46.4 Å². The molecule has 1 aromatic carbocycles. The van der Waals surface area contributed by atoms with E-state index >= 15 is 0 Å². The van der Waals surface area contributed by atoms with E-state index in [2.05, 4.69) is 34.5 Å². The minimum Gasteiger partial charge on any atom is -0.383 e. The monoisotopic (exact) mass is 288 g/mol. The molecule has 3 nitrogen and oxygen atoms in total. The molecule has 1 aromatic rings. The molecule has 0 spiro atoms. The van der Waals surface area contributed by atoms with Gasteiger partial charge in [-0.05, 0) is 55.9 Å². The second-order valence-corrected chi connectivity index (χ2v) is 6.54. The first kappa shape index (κ1) is 15.0. The van der Waals surface area contributed by atoms with Crippen LogP contribution in [0.3, 0.4) is 0 Å². The molecule has 21 heavy (non-hydrogen) atoms. The molecule has 0 radical (unpaired) electrons. The smallest absolute Gasteiger partial charge is 0.0587 e. The standard InChI is InChI=1S/C18H28N2O/c1-21-11-8-19-13-15-6-9-20(10-7-15)14-17-12-16-4-2-3-5-18(16)17/h2-5,15,17,19H,6-14H2,1H3. The maximum absolute atomic E-state index is 5.07. The van der Waals surface area contributed by atoms with Crippen LogP contribution in [-0.4, -0.2) is 51.3 Å². The van der Waals surface area contributed by atoms with Gasteiger partial charge in [0.05, 0.1) is 6.61 Å². The lowest BCUT2D eigenvalue weighted by Crippen LogP contribution is -2.41. The third-order valence-corrected chi connectivity index (χ3v) is 5.06. The number of nitrogens with one attached hydrogen (secondary N) is 1. The molecule has 2 aliphatic rings. The van der Waals surface area contributed by atoms with E-state index in [1.807, 2.05) is 0 Å². The van der Waals surface area contributed by atoms with Crippen LogP contribution >= 0.6 is 0 Å². The van der Waals surface area contributed by atoms with Crippen LogP contribution in [0, 0.1) is 5.92 Å². The molecule has 0 saturated carbocycles. The Kier molecular flexibility index (Phi) is 5.28. The fourth-order valence-corrected chi connectivity index (χ4v) is 3.69. The largest absolute Gasteiger partial charge is 0.383 e. The molecule has 0 bridgehead atoms. The van der Waals surface area contributed by atoms with Crippen LogP contribution in [-0.2, 0) is 11.2 Å². The van der Waals surface area contributed by atoms with Crippen LogP contribution in [0.15, 0.2) is 24.3 Å². The lowest BCUT2D eigenvalue weighted by molar-refractivity contribution is 0.163. The zero-order valence-corrected chi connectivity index (χ0v) is 13.2. The van der Waals surface area contributed by atoms with E-state index in [-0.39, 0.29) is 0 Å². The van der Waals surface area contributed by atoms with E-state index in [1.54, 1.807) is 18.2 Å². The minimum atomic E-state index is 0.789. The summed E-state index contributed by atoms with van der Waals surface area (Å²) in [6, 6.07) is 8.94. The molecule has 3 rings (SSSR count). The lowest BCUT2D eigenvalue weighted by atomic mass is 9.77. The Hall–Kier alpha value is -0.900. The summed E-state index contributed by atoms with van der Waals surface area (Å²) in [5.74, 6) is 1.64. The molecular formula is C18H28N2O. The topological polar surface area (TPSA) is 24.5 Å². The van der Waals surface area contributed by atoms with Gasteiger partial charge in [-0.1, -0.05) is 24.3 Å². The van der Waals surface area contributed by atoms with Gasteiger partial charge in [0, 0.05) is 26.1 Å². The van der Waals surface area contributed by atoms with Gasteiger partial charge in [-0.15, -0.1) is 0 Å². The van der Waals surface area contributed by atoms with E-state index in [0.29, 0.717) is 0 Å². The van der Waals surface area contributed by atoms with Gasteiger partial charge < -0.3 is 15.0 Å². The highest BCUT2D eigenvalue weighted by molar-refractivity contribution is 5.40. The summed E-state index contributed by atoms with van der Waals surface area (Å²) in [6.07, 6.45) is 3.97. The van der Waals surface area contributed by atoms with Crippen molar-refractivity contribution in [1.82, 2.24) is 10.2 Å². The van der Waals surface area contributed by atoms with Crippen LogP contribution in [0.5, 0.6) is 0 Å². The second-order valence-electron chi connectivity index (χ2n) is 6.54. The van der Waals surface area contributed by atoms with Gasteiger partial charge in [-0.3, -0.25) is 0 Å². The third kappa shape index (κ3) is 3.85. The lowest BCUT2D eigenvalue weighted by Gasteiger charge is -2.38. The van der Waals surface area contributed by atoms with Crippen molar-refractivity contribution in [3.05, 3.63) is 35.4 Å². The van der Waals surface area contributed by atoms with Gasteiger partial charge in [0.15, 0.2) is 0 Å². The van der Waals surface area contributed by atoms with Crippen LogP contribution in [0.25, 0.3) is 0 Å². The molecule has 1 saturated heterocycles. The Balaban J connectivity index is 1.35. The number of hydrogen-bond acceptors (Lipinski definition) is 3. The van der Waals surface area contributed by atoms with Gasteiger partial charge in [0.25, 0.3) is 0 Å². The Bertz CT molecular complexity index is 441. The Labute approximate surface area is 128 Å². The van der Waals surface area contributed by atoms with Gasteiger partial charge in [-0.25, -0.2) is 0 Å². The van der Waals surface area contributed by atoms with Crippen molar-refractivity contribution in [2.45, 2.75) is 25.2 Å². The van der Waals surface area contributed by atoms with E-state index in [4.69, 9.17) is 4.74 Å². The highest BCUT2D eigenvalue weighted by Gasteiger charge is 2.28. The maximum atomic E-state index is 5.07. The molecule has 1 unspecified atom stereocenters. The average Bonchev–Trinajstić information content (AvgIpc) is 2.51. The maximum Gasteiger partial charge on any atom is 0.0587 e. The van der Waals surface area contributed by atoms with E-state index in [9.17, 15) is 0 Å². The van der Waals surface area contributed by atoms with E-state index in [0.717, 1.165) is 31.5 Å². The number of ether oxygens (including phenoxy) is 1. The van der Waals surface area contributed by atoms with Crippen molar-refractivity contribution in [2.24, 2.45) is 5.92 Å². The van der Waals surface area contributed by atoms with Gasteiger partial charge in [-0.2, -0.15) is 0 Å². The normalized spacial score (nSPS) is 22.8. The first-order valence-corrected chi connectivity index (χ1v) is 8.36. The molecule has 3 heteroatoms. The summed E-state index contributed by atoms with van der Waals surface area (Å²) < 4.78 is 5.07. The van der Waals surface area contributed by atoms with E-state index in [1.165, 1.54) is 38.9 Å². The fourth-order valence-electron chi connectivity index (χ4n) is 3.69. The molecular weight excluding hydrogens is 260 g/mol. The molecule has 1 aliphatic heterocycles. The van der Waals surface area contributed by atoms with Crippen molar-refractivity contribution < 1.29 is 4.74 Å². The number of benzene rings is 1.